The van der Waals surface area contributed by atoms with Gasteiger partial charge in [-0.05, 0) is 6.92 Å². The minimum Gasteiger partial charge on any atom is -0.667 e. The molecule has 0 unspecified atom stereocenters. The van der Waals surface area contributed by atoms with E-state index in [4.69, 9.17) is 57.4 Å². The molecule has 0 aliphatic rings. The minimum atomic E-state index is -1.50. The van der Waals surface area contributed by atoms with E-state index in [1.165, 1.54) is 6.92 Å². The van der Waals surface area contributed by atoms with E-state index >= 15 is 0 Å². The predicted molar refractivity (Wildman–Crippen MR) is 135 cm³/mol. The van der Waals surface area contributed by atoms with E-state index in [1.807, 2.05) is 0 Å². The molecule has 0 spiro atoms. The Bertz CT molecular complexity index is 583. The number of hydrogen-bond acceptors (Lipinski definition) is 15. The number of rotatable bonds is 2. The van der Waals surface area contributed by atoms with Crippen LogP contribution in [0, 0.1) is 48.1 Å². The fourth-order valence-electron chi connectivity index (χ4n) is 0.278. The van der Waals surface area contributed by atoms with Crippen LogP contribution in [0.5, 0.6) is 0 Å². The first-order valence-corrected chi connectivity index (χ1v) is 8.07. The molecule has 2 amide bonds. The second-order valence-electron chi connectivity index (χ2n) is 7.29. The van der Waals surface area contributed by atoms with E-state index in [2.05, 4.69) is 6.92 Å². The molecular weight excluding hydrogens is 918 g/mol. The van der Waals surface area contributed by atoms with Crippen molar-refractivity contribution in [3.8, 4) is 0 Å². The molecule has 0 bridgehead atoms. The zero-order valence-corrected chi connectivity index (χ0v) is 27.9. The quantitative estimate of drug-likeness (QED) is 0.0851. The second-order valence-corrected chi connectivity index (χ2v) is 7.29. The summed E-state index contributed by atoms with van der Waals surface area (Å²) in [6.07, 6.45) is -0.0278. The van der Waals surface area contributed by atoms with Gasteiger partial charge in [0.05, 0.1) is 11.8 Å². The van der Waals surface area contributed by atoms with E-state index in [9.17, 15) is 19.2 Å². The molecule has 0 fully saturated rings. The summed E-state index contributed by atoms with van der Waals surface area (Å²) < 4.78 is 0. The molecule has 25 heteroatoms. The molecule has 0 aliphatic carbocycles. The summed E-state index contributed by atoms with van der Waals surface area (Å²) in [6.45, 7) is 14.7. The van der Waals surface area contributed by atoms with Gasteiger partial charge in [0.1, 0.15) is 5.78 Å². The van der Waals surface area contributed by atoms with Gasteiger partial charge >= 0.3 is 0 Å². The van der Waals surface area contributed by atoms with Gasteiger partial charge in [0.2, 0.25) is 0 Å². The number of nitrogens with zero attached hydrogens (tertiary/aromatic N) is 3. The molecule has 0 aromatic heterocycles. The first kappa shape index (κ1) is 83.3. The van der Waals surface area contributed by atoms with Gasteiger partial charge in [-0.3, -0.25) is 4.79 Å². The molecule has 0 radical (unpaired) electrons. The Hall–Kier alpha value is -3.07. The summed E-state index contributed by atoms with van der Waals surface area (Å²) in [5.74, 6) is -1.45. The molecule has 0 atom stereocenters. The fraction of sp³-hybridized carbons (Fsp3) is 0.667. The Morgan fingerprint density at radius 1 is 0.650 bits per heavy atom. The van der Waals surface area contributed by atoms with Gasteiger partial charge in [-0.2, -0.15) is 0 Å². The molecule has 40 heavy (non-hydrogen) atoms. The number of ketones is 2. The summed E-state index contributed by atoms with van der Waals surface area (Å²) in [7, 11) is 0. The van der Waals surface area contributed by atoms with Gasteiger partial charge < -0.3 is 79.1 Å². The van der Waals surface area contributed by atoms with Gasteiger partial charge in [0, 0.05) is 65.2 Å². The van der Waals surface area contributed by atoms with Gasteiger partial charge in [-0.15, -0.1) is 30.3 Å². The Kier molecular flexibility index (Phi) is 95.4. The predicted octanol–water partition coefficient (Wildman–Crippen LogP) is 3.35. The summed E-state index contributed by atoms with van der Waals surface area (Å²) in [6, 6.07) is 0. The van der Waals surface area contributed by atoms with Crippen LogP contribution in [0.25, 0.3) is 11.5 Å². The maximum atomic E-state index is 10.1. The van der Waals surface area contributed by atoms with E-state index in [-0.39, 0.29) is 90.9 Å². The molecule has 0 heterocycles. The Morgan fingerprint density at radius 2 is 0.750 bits per heavy atom. The maximum Gasteiger partial charge on any atom is 0.291 e. The monoisotopic (exact) mass is 963 g/mol. The molecular formula is C15H45N10O13Pt2-3. The third kappa shape index (κ3) is 241. The molecule has 20 N–H and O–H groups in total. The molecule has 0 aliphatic heterocycles. The average molecular weight is 964 g/mol. The van der Waals surface area contributed by atoms with Crippen LogP contribution in [-0.4, -0.2) is 54.3 Å². The van der Waals surface area contributed by atoms with Gasteiger partial charge in [0.25, 0.3) is 15.3 Å². The van der Waals surface area contributed by atoms with Crippen LogP contribution in [-0.2, 0) is 61.3 Å². The first-order valence-electron chi connectivity index (χ1n) is 8.07. The molecule has 23 nitrogen and oxygen atoms in total. The van der Waals surface area contributed by atoms with Crippen LogP contribution in [0.1, 0.15) is 54.9 Å². The van der Waals surface area contributed by atoms with E-state index in [0.29, 0.717) is 0 Å². The zero-order valence-electron chi connectivity index (χ0n) is 23.3. The number of nitrogens with one attached hydrogen (secondary N) is 2. The summed E-state index contributed by atoms with van der Waals surface area (Å²) >= 11 is 0. The number of hydrogen-bond donors (Lipinski definition) is 8. The molecule has 0 aromatic carbocycles. The standard InChI is InChI=1S/2C5H11NO.C5H7O2.3HNO3.5H3N.2Pt/c2*1-5(2,3)4(6)7;1-4(6)3-5(2)7;3*2-1(3)4;;;;;;;/h2*1-3H3,(H2,6,7);1,3H2,2H3;3*(H,2,3,4);5*1H3;;/q;;-1;;;;;;;;;;/p-2. The van der Waals surface area contributed by atoms with Crippen molar-refractivity contribution in [1.29, 1.82) is 0 Å². The SMILES string of the molecule is CC(C)(C)C([NH-])=O.CC(C)(C)C([NH-])=O.N.N.N.N.N.O=[N+]([O-])O.O=[N+]([O-])O.O=[N+]([O-])O.[CH2-]C(=O)CC(C)=O.[Pt].[Pt]. The average Bonchev–Trinajstić information content (AvgIpc) is 2.42. The number of Topliss-reactive ketones (excluding diaryl/α,β-unsaturated/α-hetero) is 2. The van der Waals surface area contributed by atoms with Crippen LogP contribution in [0.4, 0.5) is 0 Å². The third-order valence-corrected chi connectivity index (χ3v) is 1.81. The van der Waals surface area contributed by atoms with Crippen LogP contribution < -0.4 is 30.8 Å². The normalized spacial score (nSPS) is 7.17. The molecule has 256 valence electrons. The van der Waals surface area contributed by atoms with E-state index in [1.54, 1.807) is 41.5 Å². The summed E-state index contributed by atoms with van der Waals surface area (Å²) in [5, 5.41) is 40.9. The largest absolute Gasteiger partial charge is 0.667 e. The Labute approximate surface area is 260 Å². The van der Waals surface area contributed by atoms with E-state index < -0.39 is 37.9 Å². The van der Waals surface area contributed by atoms with Crippen molar-refractivity contribution in [2.24, 2.45) is 10.8 Å². The molecule has 0 aromatic rings. The minimum absolute atomic E-state index is 0. The topological polar surface area (TPSA) is 481 Å². The summed E-state index contributed by atoms with van der Waals surface area (Å²) in [5.41, 5.74) is 12.2. The van der Waals surface area contributed by atoms with Crippen LogP contribution >= 0.6 is 0 Å². The second kappa shape index (κ2) is 45.8. The fourth-order valence-corrected chi connectivity index (χ4v) is 0.278. The van der Waals surface area contributed by atoms with Crippen LogP contribution in [0.15, 0.2) is 0 Å². The number of carbonyl (C=O) groups is 4. The number of carbonyl (C=O) groups excluding carboxylic acids is 4. The number of amides is 2. The molecule has 0 rings (SSSR count). The van der Waals surface area contributed by atoms with Crippen molar-refractivity contribution >= 4 is 23.4 Å². The van der Waals surface area contributed by atoms with Crippen molar-refractivity contribution in [1.82, 2.24) is 30.8 Å². The maximum absolute atomic E-state index is 10.1. The van der Waals surface area contributed by atoms with Gasteiger partial charge in [0.15, 0.2) is 0 Å². The van der Waals surface area contributed by atoms with E-state index in [0.717, 1.165) is 0 Å². The van der Waals surface area contributed by atoms with Gasteiger partial charge in [-0.25, -0.2) is 0 Å². The third-order valence-electron chi connectivity index (χ3n) is 1.81. The van der Waals surface area contributed by atoms with Gasteiger partial charge in [-0.1, -0.05) is 41.5 Å². The first-order chi connectivity index (χ1) is 14.2. The van der Waals surface area contributed by atoms with Crippen LogP contribution in [0.3, 0.4) is 0 Å². The Balaban J connectivity index is -0.0000000195. The molecule has 0 saturated heterocycles. The van der Waals surface area contributed by atoms with Crippen molar-refractivity contribution < 1.29 is 92.2 Å². The van der Waals surface area contributed by atoms with Crippen LogP contribution in [0.2, 0.25) is 0 Å². The van der Waals surface area contributed by atoms with Crippen molar-refractivity contribution in [2.45, 2.75) is 54.9 Å². The molecule has 0 saturated carbocycles. The zero-order chi connectivity index (χ0) is 28.7. The smallest absolute Gasteiger partial charge is 0.291 e. The van der Waals surface area contributed by atoms with Crippen molar-refractivity contribution in [3.63, 3.8) is 0 Å². The van der Waals surface area contributed by atoms with Crippen molar-refractivity contribution in [2.75, 3.05) is 0 Å². The summed E-state index contributed by atoms with van der Waals surface area (Å²) in [4.78, 5) is 65.3. The van der Waals surface area contributed by atoms with Crippen molar-refractivity contribution in [3.05, 3.63) is 48.7 Å². The Morgan fingerprint density at radius 3 is 0.750 bits per heavy atom.